The average molecular weight is 386 g/mol. The summed E-state index contributed by atoms with van der Waals surface area (Å²) in [5, 5.41) is 0. The van der Waals surface area contributed by atoms with E-state index >= 15 is 0 Å². The third-order valence-electron chi connectivity index (χ3n) is 4.89. The molecule has 0 atom stereocenters. The topological polar surface area (TPSA) is 27.1 Å². The van der Waals surface area contributed by atoms with Crippen LogP contribution < -0.4 is 4.74 Å². The minimum absolute atomic E-state index is 0.265. The lowest BCUT2D eigenvalue weighted by Gasteiger charge is -2.12. The fourth-order valence-corrected chi connectivity index (χ4v) is 3.52. The first-order valence-electron chi connectivity index (χ1n) is 9.79. The number of halogens is 1. The molecule has 0 aliphatic rings. The SMILES string of the molecule is C=CCc1ccccc1OCCCn1c(-c2ccccc2F)nc2ccccc21. The van der Waals surface area contributed by atoms with Crippen LogP contribution in [0.3, 0.4) is 0 Å². The fourth-order valence-electron chi connectivity index (χ4n) is 3.52. The van der Waals surface area contributed by atoms with Gasteiger partial charge in [-0.3, -0.25) is 0 Å². The van der Waals surface area contributed by atoms with E-state index in [-0.39, 0.29) is 5.82 Å². The molecule has 4 aromatic rings. The molecule has 0 fully saturated rings. The molecule has 29 heavy (non-hydrogen) atoms. The molecular formula is C25H23FN2O. The van der Waals surface area contributed by atoms with Crippen molar-refractivity contribution in [3.63, 3.8) is 0 Å². The first kappa shape index (κ1) is 18.9. The normalized spacial score (nSPS) is 10.9. The van der Waals surface area contributed by atoms with Crippen molar-refractivity contribution in [2.75, 3.05) is 6.61 Å². The van der Waals surface area contributed by atoms with Crippen LogP contribution in [0, 0.1) is 5.82 Å². The molecule has 0 aliphatic carbocycles. The van der Waals surface area contributed by atoms with Crippen molar-refractivity contribution in [3.8, 4) is 17.1 Å². The van der Waals surface area contributed by atoms with Gasteiger partial charge in [-0.2, -0.15) is 0 Å². The quantitative estimate of drug-likeness (QED) is 0.273. The Morgan fingerprint density at radius 1 is 0.966 bits per heavy atom. The Balaban J connectivity index is 1.55. The number of aryl methyl sites for hydroxylation is 1. The lowest BCUT2D eigenvalue weighted by Crippen LogP contribution is -2.07. The Morgan fingerprint density at radius 3 is 2.59 bits per heavy atom. The van der Waals surface area contributed by atoms with Gasteiger partial charge >= 0.3 is 0 Å². The van der Waals surface area contributed by atoms with Crippen LogP contribution in [0.5, 0.6) is 5.75 Å². The molecule has 0 saturated carbocycles. The molecule has 0 spiro atoms. The second-order valence-corrected chi connectivity index (χ2v) is 6.86. The molecule has 3 aromatic carbocycles. The molecule has 3 nitrogen and oxygen atoms in total. The second kappa shape index (κ2) is 8.74. The zero-order valence-corrected chi connectivity index (χ0v) is 16.2. The standard InChI is InChI=1S/C25H23FN2O/c1-2-10-19-11-3-8-16-24(19)29-18-9-17-28-23-15-7-6-14-22(23)27-25(28)20-12-4-5-13-21(20)26/h2-8,11-16H,1,9-10,17-18H2. The lowest BCUT2D eigenvalue weighted by atomic mass is 10.1. The van der Waals surface area contributed by atoms with Gasteiger partial charge in [-0.05, 0) is 48.7 Å². The number of aromatic nitrogens is 2. The van der Waals surface area contributed by atoms with Crippen LogP contribution >= 0.6 is 0 Å². The molecule has 0 radical (unpaired) electrons. The van der Waals surface area contributed by atoms with Crippen molar-refractivity contribution in [2.45, 2.75) is 19.4 Å². The molecule has 146 valence electrons. The first-order chi connectivity index (χ1) is 14.3. The zero-order chi connectivity index (χ0) is 20.1. The molecular weight excluding hydrogens is 363 g/mol. The molecule has 1 aromatic heterocycles. The van der Waals surface area contributed by atoms with Crippen LogP contribution in [0.2, 0.25) is 0 Å². The minimum atomic E-state index is -0.265. The number of para-hydroxylation sites is 3. The fraction of sp³-hybridized carbons (Fsp3) is 0.160. The largest absolute Gasteiger partial charge is 0.493 e. The zero-order valence-electron chi connectivity index (χ0n) is 16.2. The Labute approximate surface area is 170 Å². The van der Waals surface area contributed by atoms with E-state index < -0.39 is 0 Å². The van der Waals surface area contributed by atoms with Gasteiger partial charge in [-0.1, -0.05) is 48.5 Å². The smallest absolute Gasteiger partial charge is 0.144 e. The van der Waals surface area contributed by atoms with Gasteiger partial charge in [0.1, 0.15) is 17.4 Å². The van der Waals surface area contributed by atoms with Crippen molar-refractivity contribution in [3.05, 3.63) is 96.8 Å². The molecule has 4 rings (SSSR count). The molecule has 0 N–H and O–H groups in total. The molecule has 0 unspecified atom stereocenters. The van der Waals surface area contributed by atoms with Crippen molar-refractivity contribution in [2.24, 2.45) is 0 Å². The van der Waals surface area contributed by atoms with Crippen LogP contribution in [-0.2, 0) is 13.0 Å². The maximum Gasteiger partial charge on any atom is 0.144 e. The summed E-state index contributed by atoms with van der Waals surface area (Å²) in [5.41, 5.74) is 3.50. The van der Waals surface area contributed by atoms with Gasteiger partial charge in [0.05, 0.1) is 23.2 Å². The van der Waals surface area contributed by atoms with Crippen LogP contribution in [-0.4, -0.2) is 16.2 Å². The highest BCUT2D eigenvalue weighted by atomic mass is 19.1. The summed E-state index contributed by atoms with van der Waals surface area (Å²) >= 11 is 0. The Bertz CT molecular complexity index is 1130. The van der Waals surface area contributed by atoms with Crippen molar-refractivity contribution in [1.82, 2.24) is 9.55 Å². The second-order valence-electron chi connectivity index (χ2n) is 6.86. The molecule has 1 heterocycles. The number of benzene rings is 3. The van der Waals surface area contributed by atoms with Gasteiger partial charge in [0.2, 0.25) is 0 Å². The number of imidazole rings is 1. The average Bonchev–Trinajstić information content (AvgIpc) is 3.11. The van der Waals surface area contributed by atoms with E-state index in [1.807, 2.05) is 54.6 Å². The number of allylic oxidation sites excluding steroid dienone is 1. The summed E-state index contributed by atoms with van der Waals surface area (Å²) < 4.78 is 22.5. The van der Waals surface area contributed by atoms with Gasteiger partial charge in [-0.25, -0.2) is 9.37 Å². The first-order valence-corrected chi connectivity index (χ1v) is 9.79. The third kappa shape index (κ3) is 4.06. The van der Waals surface area contributed by atoms with Crippen molar-refractivity contribution in [1.29, 1.82) is 0 Å². The van der Waals surface area contributed by atoms with Gasteiger partial charge in [0.15, 0.2) is 0 Å². The number of ether oxygens (including phenoxy) is 1. The summed E-state index contributed by atoms with van der Waals surface area (Å²) in [4.78, 5) is 4.69. The number of hydrogen-bond donors (Lipinski definition) is 0. The van der Waals surface area contributed by atoms with Gasteiger partial charge in [0.25, 0.3) is 0 Å². The lowest BCUT2D eigenvalue weighted by molar-refractivity contribution is 0.300. The van der Waals surface area contributed by atoms with Gasteiger partial charge < -0.3 is 9.30 Å². The van der Waals surface area contributed by atoms with E-state index in [1.54, 1.807) is 12.1 Å². The predicted octanol–water partition coefficient (Wildman–Crippen LogP) is 6.04. The highest BCUT2D eigenvalue weighted by Gasteiger charge is 2.15. The predicted molar refractivity (Wildman–Crippen MR) is 116 cm³/mol. The van der Waals surface area contributed by atoms with Gasteiger partial charge in [-0.15, -0.1) is 6.58 Å². The Kier molecular flexibility index (Phi) is 5.71. The Morgan fingerprint density at radius 2 is 1.72 bits per heavy atom. The molecule has 0 amide bonds. The molecule has 0 aliphatic heterocycles. The molecule has 0 bridgehead atoms. The maximum atomic E-state index is 14.4. The molecule has 4 heteroatoms. The number of rotatable bonds is 8. The Hall–Kier alpha value is -3.40. The van der Waals surface area contributed by atoms with E-state index in [0.29, 0.717) is 24.5 Å². The monoisotopic (exact) mass is 386 g/mol. The van der Waals surface area contributed by atoms with E-state index in [9.17, 15) is 4.39 Å². The third-order valence-corrected chi connectivity index (χ3v) is 4.89. The van der Waals surface area contributed by atoms with E-state index in [1.165, 1.54) is 6.07 Å². The van der Waals surface area contributed by atoms with Crippen LogP contribution in [0.25, 0.3) is 22.4 Å². The van der Waals surface area contributed by atoms with Gasteiger partial charge in [0, 0.05) is 6.54 Å². The summed E-state index contributed by atoms with van der Waals surface area (Å²) in [6, 6.07) is 22.7. The maximum absolute atomic E-state index is 14.4. The summed E-state index contributed by atoms with van der Waals surface area (Å²) in [6.07, 6.45) is 3.44. The number of hydrogen-bond acceptors (Lipinski definition) is 2. The van der Waals surface area contributed by atoms with E-state index in [0.717, 1.165) is 35.2 Å². The van der Waals surface area contributed by atoms with Crippen molar-refractivity contribution < 1.29 is 9.13 Å². The van der Waals surface area contributed by atoms with Crippen LogP contribution in [0.1, 0.15) is 12.0 Å². The minimum Gasteiger partial charge on any atom is -0.493 e. The van der Waals surface area contributed by atoms with E-state index in [4.69, 9.17) is 9.72 Å². The highest BCUT2D eigenvalue weighted by molar-refractivity contribution is 5.80. The summed E-state index contributed by atoms with van der Waals surface area (Å²) in [5.74, 6) is 1.27. The van der Waals surface area contributed by atoms with Crippen molar-refractivity contribution >= 4 is 11.0 Å². The van der Waals surface area contributed by atoms with Crippen LogP contribution in [0.15, 0.2) is 85.5 Å². The number of fused-ring (bicyclic) bond motifs is 1. The molecule has 0 saturated heterocycles. The summed E-state index contributed by atoms with van der Waals surface area (Å²) in [6.45, 7) is 5.06. The van der Waals surface area contributed by atoms with Crippen LogP contribution in [0.4, 0.5) is 4.39 Å². The summed E-state index contributed by atoms with van der Waals surface area (Å²) in [7, 11) is 0. The van der Waals surface area contributed by atoms with E-state index in [2.05, 4.69) is 17.2 Å². The number of nitrogens with zero attached hydrogens (tertiary/aromatic N) is 2. The highest BCUT2D eigenvalue weighted by Crippen LogP contribution is 2.27.